The second-order valence-electron chi connectivity index (χ2n) is 13.0. The summed E-state index contributed by atoms with van der Waals surface area (Å²) in [6, 6.07) is 4.99. The summed E-state index contributed by atoms with van der Waals surface area (Å²) < 4.78 is 62.1. The van der Waals surface area contributed by atoms with Crippen molar-refractivity contribution in [2.75, 3.05) is 37.8 Å². The van der Waals surface area contributed by atoms with Gasteiger partial charge in [-0.3, -0.25) is 42.6 Å². The number of rotatable bonds is 21. The zero-order valence-electron chi connectivity index (χ0n) is 30.6. The number of fused-ring (bicyclic) bond motifs is 1. The number of imidazole rings is 1. The highest BCUT2D eigenvalue weighted by Gasteiger charge is 2.50. The minimum atomic E-state index is -5.60. The first-order chi connectivity index (χ1) is 27.4. The largest absolute Gasteiger partial charge is 0.481 e. The third kappa shape index (κ3) is 13.6. The molecule has 4 rings (SSSR count). The van der Waals surface area contributed by atoms with Crippen molar-refractivity contribution in [3.8, 4) is 0 Å². The number of ether oxygens (including phenoxy) is 1. The SMILES string of the molecule is CC(C)(COP(=O)(O)OP(=O)(O)OC[C@H]1O[C@@H](n2cnc3c(N)ncnc32)[C@H](O)[C@@H]1OP(=O)(O)O)C(O)C(=O)NCCC(=O)NCCSC(=O)c1ccc([N+](=O)[O-])cc1. The molecule has 1 fully saturated rings. The Morgan fingerprint density at radius 2 is 1.71 bits per heavy atom. The molecule has 3 unspecified atom stereocenters. The molecule has 3 heterocycles. The fourth-order valence-electron chi connectivity index (χ4n) is 5.08. The molecule has 0 aliphatic carbocycles. The fraction of sp³-hybridized carbons (Fsp3) is 0.500. The van der Waals surface area contributed by atoms with Crippen molar-refractivity contribution in [3.05, 3.63) is 52.6 Å². The van der Waals surface area contributed by atoms with Gasteiger partial charge < -0.3 is 50.9 Å². The first kappa shape index (κ1) is 47.9. The number of non-ortho nitro benzene ring substituents is 1. The quantitative estimate of drug-likeness (QED) is 0.0291. The molecule has 2 amide bonds. The van der Waals surface area contributed by atoms with Gasteiger partial charge in [0.1, 0.15) is 36.3 Å². The molecule has 7 atom stereocenters. The number of hydrogen-bond acceptors (Lipinski definition) is 20. The summed E-state index contributed by atoms with van der Waals surface area (Å²) in [5.41, 5.74) is 4.25. The minimum absolute atomic E-state index is 0.0174. The Bertz CT molecular complexity index is 2160. The third-order valence-electron chi connectivity index (χ3n) is 8.05. The predicted molar refractivity (Wildman–Crippen MR) is 200 cm³/mol. The smallest absolute Gasteiger partial charge is 0.386 e. The van der Waals surface area contributed by atoms with Crippen molar-refractivity contribution in [2.45, 2.75) is 50.9 Å². The molecule has 1 aliphatic rings. The van der Waals surface area contributed by atoms with Gasteiger partial charge in [0.15, 0.2) is 17.7 Å². The van der Waals surface area contributed by atoms with Gasteiger partial charge in [-0.05, 0) is 12.1 Å². The number of nitrogen functional groups attached to an aromatic ring is 1. The Morgan fingerprint density at radius 1 is 1.05 bits per heavy atom. The van der Waals surface area contributed by atoms with Crippen LogP contribution in [0.5, 0.6) is 0 Å². The normalized spacial score (nSPS) is 21.0. The monoisotopic (exact) mass is 916 g/mol. The van der Waals surface area contributed by atoms with E-state index in [1.165, 1.54) is 38.1 Å². The van der Waals surface area contributed by atoms with Crippen molar-refractivity contribution < 1.29 is 85.4 Å². The second-order valence-corrected chi connectivity index (χ2v) is 18.3. The van der Waals surface area contributed by atoms with Crippen LogP contribution in [0.1, 0.15) is 36.9 Å². The summed E-state index contributed by atoms with van der Waals surface area (Å²) in [5, 5.41) is 36.6. The summed E-state index contributed by atoms with van der Waals surface area (Å²) in [7, 11) is -16.5. The highest BCUT2D eigenvalue weighted by atomic mass is 32.2. The number of carbonyl (C=O) groups is 3. The number of hydrogen-bond donors (Lipinski definition) is 9. The number of benzene rings is 1. The van der Waals surface area contributed by atoms with Crippen LogP contribution < -0.4 is 16.4 Å². The van der Waals surface area contributed by atoms with Crippen LogP contribution in [-0.4, -0.2) is 128 Å². The van der Waals surface area contributed by atoms with Gasteiger partial charge in [0.2, 0.25) is 16.9 Å². The van der Waals surface area contributed by atoms with Crippen molar-refractivity contribution in [3.63, 3.8) is 0 Å². The second kappa shape index (κ2) is 19.7. The Morgan fingerprint density at radius 3 is 2.36 bits per heavy atom. The van der Waals surface area contributed by atoms with E-state index in [9.17, 15) is 68.0 Å². The number of thioether (sulfide) groups is 1. The molecule has 27 nitrogen and oxygen atoms in total. The minimum Gasteiger partial charge on any atom is -0.386 e. The molecule has 1 aromatic carbocycles. The summed E-state index contributed by atoms with van der Waals surface area (Å²) in [6.45, 7) is 0.179. The molecule has 1 aliphatic heterocycles. The van der Waals surface area contributed by atoms with Crippen LogP contribution in [-0.2, 0) is 45.9 Å². The van der Waals surface area contributed by atoms with Gasteiger partial charge in [-0.15, -0.1) is 0 Å². The average molecular weight is 917 g/mol. The maximum atomic E-state index is 12.7. The van der Waals surface area contributed by atoms with Crippen molar-refractivity contribution in [2.24, 2.45) is 5.41 Å². The van der Waals surface area contributed by atoms with Crippen molar-refractivity contribution >= 4 is 74.8 Å². The van der Waals surface area contributed by atoms with E-state index in [1.54, 1.807) is 0 Å². The number of nitrogens with zero attached hydrogens (tertiary/aromatic N) is 5. The number of nitro groups is 1. The van der Waals surface area contributed by atoms with Gasteiger partial charge in [0.25, 0.3) is 5.69 Å². The van der Waals surface area contributed by atoms with Crippen LogP contribution in [0.15, 0.2) is 36.9 Å². The van der Waals surface area contributed by atoms with E-state index in [0.29, 0.717) is 0 Å². The molecule has 1 saturated heterocycles. The van der Waals surface area contributed by atoms with E-state index in [2.05, 4.69) is 34.4 Å². The first-order valence-electron chi connectivity index (χ1n) is 16.7. The molecule has 2 aromatic heterocycles. The van der Waals surface area contributed by atoms with Crippen LogP contribution in [0.3, 0.4) is 0 Å². The zero-order chi connectivity index (χ0) is 43.9. The lowest BCUT2D eigenvalue weighted by atomic mass is 9.87. The van der Waals surface area contributed by atoms with Gasteiger partial charge in [-0.1, -0.05) is 25.6 Å². The first-order valence-corrected chi connectivity index (χ1v) is 22.2. The van der Waals surface area contributed by atoms with Gasteiger partial charge in [0.05, 0.1) is 24.5 Å². The Kier molecular flexibility index (Phi) is 16.0. The van der Waals surface area contributed by atoms with E-state index < -0.39 is 89.5 Å². The number of amides is 2. The van der Waals surface area contributed by atoms with Gasteiger partial charge >= 0.3 is 23.5 Å². The Hall–Kier alpha value is -3.82. The molecule has 0 saturated carbocycles. The third-order valence-corrected chi connectivity index (χ3v) is 12.1. The molecule has 0 radical (unpaired) electrons. The molecule has 0 bridgehead atoms. The van der Waals surface area contributed by atoms with Crippen molar-refractivity contribution in [1.82, 2.24) is 30.2 Å². The highest BCUT2D eigenvalue weighted by Crippen LogP contribution is 2.61. The number of nitrogens with one attached hydrogen (secondary N) is 2. The van der Waals surface area contributed by atoms with Crippen LogP contribution in [0, 0.1) is 15.5 Å². The number of phosphoric ester groups is 3. The zero-order valence-corrected chi connectivity index (χ0v) is 34.1. The number of aliphatic hydroxyl groups excluding tert-OH is 2. The van der Waals surface area contributed by atoms with E-state index in [1.807, 2.05) is 0 Å². The average Bonchev–Trinajstić information content (AvgIpc) is 3.71. The lowest BCUT2D eigenvalue weighted by Gasteiger charge is -2.30. The maximum Gasteiger partial charge on any atom is 0.481 e. The summed E-state index contributed by atoms with van der Waals surface area (Å²) in [4.78, 5) is 98.0. The number of carbonyl (C=O) groups excluding carboxylic acids is 3. The predicted octanol–water partition coefficient (Wildman–Crippen LogP) is -0.113. The number of aliphatic hydroxyl groups is 2. The van der Waals surface area contributed by atoms with E-state index in [4.69, 9.17) is 19.5 Å². The van der Waals surface area contributed by atoms with Crippen LogP contribution in [0.25, 0.3) is 11.2 Å². The molecular weight excluding hydrogens is 877 g/mol. The van der Waals surface area contributed by atoms with Gasteiger partial charge in [-0.2, -0.15) is 4.31 Å². The lowest BCUT2D eigenvalue weighted by molar-refractivity contribution is -0.384. The molecule has 59 heavy (non-hydrogen) atoms. The van der Waals surface area contributed by atoms with Crippen LogP contribution in [0.4, 0.5) is 11.5 Å². The highest BCUT2D eigenvalue weighted by molar-refractivity contribution is 8.14. The topological polar surface area (TPSA) is 407 Å². The van der Waals surface area contributed by atoms with Gasteiger partial charge in [0, 0.05) is 48.4 Å². The molecule has 326 valence electrons. The fourth-order valence-corrected chi connectivity index (χ4v) is 8.60. The summed E-state index contributed by atoms with van der Waals surface area (Å²) in [5.74, 6) is -1.43. The number of phosphoric acid groups is 3. The number of anilines is 1. The van der Waals surface area contributed by atoms with E-state index in [-0.39, 0.29) is 58.6 Å². The standard InChI is InChI=1S/C28H39N8O19P3S/c1-28(2,22(39)25(40)31-8-7-18(37)30-9-10-59-27(41)15-3-5-16(6-4-15)36(42)43)12-52-58(49,50)55-57(47,48)51-11-17-21(54-56(44,45)46)20(38)26(53-17)35-14-34-19-23(29)32-13-33-24(19)35/h3-6,13-14,17,20-22,26,38-39H,7-12H2,1-2H3,(H,30,37)(H,31,40)(H,47,48)(H,49,50)(H2,29,32,33)(H2,44,45,46)/t17-,20-,21-,22?,26-/m1/s1. The number of aromatic nitrogens is 4. The molecule has 3 aromatic rings. The molecule has 0 spiro atoms. The van der Waals surface area contributed by atoms with Crippen LogP contribution in [0.2, 0.25) is 0 Å². The summed E-state index contributed by atoms with van der Waals surface area (Å²) in [6.07, 6.45) is -7.13. The van der Waals surface area contributed by atoms with E-state index >= 15 is 0 Å². The number of nitro benzene ring substituents is 1. The van der Waals surface area contributed by atoms with Crippen molar-refractivity contribution in [1.29, 1.82) is 0 Å². The molecular formula is C28H39N8O19P3S. The summed E-state index contributed by atoms with van der Waals surface area (Å²) >= 11 is 0.868. The molecule has 10 N–H and O–H groups in total. The Labute approximate surface area is 336 Å². The maximum absolute atomic E-state index is 12.7. The van der Waals surface area contributed by atoms with Crippen LogP contribution >= 0.6 is 35.2 Å². The Balaban J connectivity index is 1.21. The van der Waals surface area contributed by atoms with Gasteiger partial charge in [-0.25, -0.2) is 28.6 Å². The molecule has 31 heteroatoms. The van der Waals surface area contributed by atoms with E-state index in [0.717, 1.165) is 29.0 Å². The lowest BCUT2D eigenvalue weighted by Crippen LogP contribution is -2.46. The number of nitrogens with two attached hydrogens (primary N) is 1.